The van der Waals surface area contributed by atoms with Crippen molar-refractivity contribution in [3.05, 3.63) is 11.6 Å². The molecule has 7 aliphatic heterocycles. The van der Waals surface area contributed by atoms with Crippen LogP contribution in [0.1, 0.15) is 54.4 Å². The zero-order valence-corrected chi connectivity index (χ0v) is 20.1. The molecule has 0 radical (unpaired) electrons. The van der Waals surface area contributed by atoms with Crippen molar-refractivity contribution in [3.8, 4) is 0 Å². The lowest BCUT2D eigenvalue weighted by Gasteiger charge is -2.74. The van der Waals surface area contributed by atoms with E-state index in [1.54, 1.807) is 13.0 Å². The molecule has 34 heavy (non-hydrogen) atoms. The van der Waals surface area contributed by atoms with Crippen LogP contribution >= 0.6 is 0 Å². The Morgan fingerprint density at radius 1 is 1.06 bits per heavy atom. The minimum atomic E-state index is -1.80. The van der Waals surface area contributed by atoms with Gasteiger partial charge in [-0.1, -0.05) is 13.8 Å². The molecule has 9 nitrogen and oxygen atoms in total. The summed E-state index contributed by atoms with van der Waals surface area (Å²) in [6.07, 6.45) is 1.48. The molecule has 0 amide bonds. The second kappa shape index (κ2) is 4.20. The maximum atomic E-state index is 14.2. The lowest BCUT2D eigenvalue weighted by Crippen LogP contribution is -2.83. The van der Waals surface area contributed by atoms with Gasteiger partial charge in [-0.2, -0.15) is 0 Å². The fourth-order valence-corrected chi connectivity index (χ4v) is 11.6. The molecule has 0 unspecified atom stereocenters. The maximum Gasteiger partial charge on any atom is 0.331 e. The zero-order valence-electron chi connectivity index (χ0n) is 20.1. The lowest BCUT2D eigenvalue weighted by atomic mass is 9.30. The molecule has 0 aromatic carbocycles. The average Bonchev–Trinajstić information content (AvgIpc) is 3.59. The SMILES string of the molecule is C[C@H]1OC(=O)[C@@]23[C@@]4(C)C[C@H]5O[C@@]56C(=CC(=O)OC6(C)C)[C@]45C[C@@](C)([C@@]4(O)O[C@]5(C)O[C@]142)[C@@]31CO1. The topological polar surface area (TPSA) is 116 Å². The van der Waals surface area contributed by atoms with Gasteiger partial charge in [0.15, 0.2) is 17.0 Å². The average molecular weight is 472 g/mol. The van der Waals surface area contributed by atoms with Gasteiger partial charge in [-0.3, -0.25) is 4.79 Å². The summed E-state index contributed by atoms with van der Waals surface area (Å²) >= 11 is 0. The fraction of sp³-hybridized carbons (Fsp3) is 0.840. The number of esters is 2. The number of ether oxygens (including phenoxy) is 6. The molecule has 3 aliphatic carbocycles. The molecule has 6 saturated heterocycles. The van der Waals surface area contributed by atoms with E-state index in [0.29, 0.717) is 19.4 Å². The van der Waals surface area contributed by atoms with Crippen LogP contribution in [0, 0.1) is 21.7 Å². The predicted molar refractivity (Wildman–Crippen MR) is 109 cm³/mol. The van der Waals surface area contributed by atoms with E-state index in [9.17, 15) is 14.7 Å². The molecule has 7 heterocycles. The first-order chi connectivity index (χ1) is 15.7. The van der Waals surface area contributed by atoms with Gasteiger partial charge in [-0.25, -0.2) is 4.79 Å². The molecule has 5 spiro atoms. The van der Waals surface area contributed by atoms with Gasteiger partial charge in [0.1, 0.15) is 22.7 Å². The van der Waals surface area contributed by atoms with E-state index < -0.39 is 73.7 Å². The number of aliphatic hydroxyl groups is 1. The lowest BCUT2D eigenvalue weighted by molar-refractivity contribution is -0.415. The van der Waals surface area contributed by atoms with Crippen LogP contribution in [0.4, 0.5) is 0 Å². The molecule has 11 atom stereocenters. The normalized spacial score (nSPS) is 70.3. The van der Waals surface area contributed by atoms with Crippen LogP contribution in [0.2, 0.25) is 0 Å². The third-order valence-electron chi connectivity index (χ3n) is 12.5. The smallest absolute Gasteiger partial charge is 0.331 e. The van der Waals surface area contributed by atoms with E-state index in [4.69, 9.17) is 28.4 Å². The summed E-state index contributed by atoms with van der Waals surface area (Å²) in [5, 5.41) is 12.5. The largest absolute Gasteiger partial charge is 0.459 e. The van der Waals surface area contributed by atoms with Gasteiger partial charge in [-0.15, -0.1) is 0 Å². The van der Waals surface area contributed by atoms with Gasteiger partial charge in [0.2, 0.25) is 5.79 Å². The van der Waals surface area contributed by atoms with Crippen molar-refractivity contribution >= 4 is 11.9 Å². The molecule has 0 aromatic heterocycles. The first kappa shape index (κ1) is 19.6. The van der Waals surface area contributed by atoms with Gasteiger partial charge in [0, 0.05) is 11.5 Å². The van der Waals surface area contributed by atoms with Crippen LogP contribution in [-0.4, -0.2) is 69.8 Å². The third-order valence-corrected chi connectivity index (χ3v) is 12.5. The molecule has 10 rings (SSSR count). The molecule has 9 fully saturated rings. The number of hydrogen-bond donors (Lipinski definition) is 1. The highest BCUT2D eigenvalue weighted by Gasteiger charge is 3.13. The molecular formula is C25H28O9. The Morgan fingerprint density at radius 2 is 1.76 bits per heavy atom. The number of rotatable bonds is 0. The summed E-state index contributed by atoms with van der Waals surface area (Å²) in [6, 6.07) is 0. The fourth-order valence-electron chi connectivity index (χ4n) is 11.6. The summed E-state index contributed by atoms with van der Waals surface area (Å²) in [5.74, 6) is -3.98. The van der Waals surface area contributed by atoms with Crippen molar-refractivity contribution in [2.45, 2.75) is 101 Å². The molecule has 1 N–H and O–H groups in total. The van der Waals surface area contributed by atoms with Gasteiger partial charge in [0.25, 0.3) is 0 Å². The summed E-state index contributed by atoms with van der Waals surface area (Å²) in [5.41, 5.74) is -7.50. The molecule has 3 saturated carbocycles. The van der Waals surface area contributed by atoms with Crippen LogP contribution in [0.25, 0.3) is 0 Å². The van der Waals surface area contributed by atoms with Gasteiger partial charge >= 0.3 is 11.9 Å². The number of carbonyl (C=O) groups is 2. The van der Waals surface area contributed by atoms with Crippen molar-refractivity contribution in [1.82, 2.24) is 0 Å². The maximum absolute atomic E-state index is 14.2. The first-order valence-corrected chi connectivity index (χ1v) is 12.3. The van der Waals surface area contributed by atoms with Crippen LogP contribution in [0.15, 0.2) is 11.6 Å². The minimum Gasteiger partial charge on any atom is -0.459 e. The Balaban J connectivity index is 1.48. The Morgan fingerprint density at radius 3 is 2.44 bits per heavy atom. The van der Waals surface area contributed by atoms with Crippen LogP contribution < -0.4 is 0 Å². The molecule has 6 bridgehead atoms. The van der Waals surface area contributed by atoms with Crippen LogP contribution in [-0.2, 0) is 38.0 Å². The monoisotopic (exact) mass is 472 g/mol. The highest BCUT2D eigenvalue weighted by Crippen LogP contribution is 2.99. The Bertz CT molecular complexity index is 1250. The highest BCUT2D eigenvalue weighted by molar-refractivity contribution is 5.92. The molecule has 10 aliphatic rings. The summed E-state index contributed by atoms with van der Waals surface area (Å²) in [4.78, 5) is 27.2. The zero-order chi connectivity index (χ0) is 24.0. The van der Waals surface area contributed by atoms with Crippen molar-refractivity contribution in [2.75, 3.05) is 6.61 Å². The molecular weight excluding hydrogens is 444 g/mol. The van der Waals surface area contributed by atoms with Gasteiger partial charge < -0.3 is 33.5 Å². The number of epoxide rings is 2. The van der Waals surface area contributed by atoms with E-state index in [2.05, 4.69) is 6.92 Å². The Labute approximate surface area is 196 Å². The molecule has 9 heteroatoms. The van der Waals surface area contributed by atoms with E-state index >= 15 is 0 Å². The summed E-state index contributed by atoms with van der Waals surface area (Å²) in [6.45, 7) is 11.7. The number of carbonyl (C=O) groups excluding carboxylic acids is 2. The van der Waals surface area contributed by atoms with Crippen LogP contribution in [0.3, 0.4) is 0 Å². The van der Waals surface area contributed by atoms with Crippen molar-refractivity contribution in [2.24, 2.45) is 21.7 Å². The second-order valence-corrected chi connectivity index (χ2v) is 13.2. The quantitative estimate of drug-likeness (QED) is 0.409. The molecule has 0 aromatic rings. The third kappa shape index (κ3) is 1.12. The number of hydrogen-bond acceptors (Lipinski definition) is 9. The first-order valence-electron chi connectivity index (χ1n) is 12.3. The summed E-state index contributed by atoms with van der Waals surface area (Å²) in [7, 11) is 0. The van der Waals surface area contributed by atoms with E-state index in [0.717, 1.165) is 5.57 Å². The second-order valence-electron chi connectivity index (χ2n) is 13.2. The van der Waals surface area contributed by atoms with E-state index in [1.807, 2.05) is 27.7 Å². The minimum absolute atomic E-state index is 0.259. The van der Waals surface area contributed by atoms with E-state index in [1.165, 1.54) is 0 Å². The van der Waals surface area contributed by atoms with Gasteiger partial charge in [0.05, 0.1) is 23.5 Å². The standard InChI is InChI=1S/C25H28O9/c1-11-24-23(15(27)30-11)17(4)8-13-22(31-13)12(7-14(26)32-16(22,2)3)20(17)9-18(5,21(23)10-29-21)25(24,28)34-19(20,6)33-24/h7,11,13,28H,8-10H2,1-6H3/t11-,13-,17+,18-,19+,20-,21+,22+,23+,24+,25-/m1/s1. The van der Waals surface area contributed by atoms with Crippen molar-refractivity contribution in [1.29, 1.82) is 0 Å². The Hall–Kier alpha value is -1.52. The van der Waals surface area contributed by atoms with Crippen LogP contribution in [0.5, 0.6) is 0 Å². The van der Waals surface area contributed by atoms with Gasteiger partial charge in [-0.05, 0) is 46.1 Å². The number of cyclic esters (lactones) is 2. The Kier molecular flexibility index (Phi) is 2.42. The van der Waals surface area contributed by atoms with E-state index in [-0.39, 0.29) is 6.10 Å². The summed E-state index contributed by atoms with van der Waals surface area (Å²) < 4.78 is 38.2. The van der Waals surface area contributed by atoms with Crippen molar-refractivity contribution in [3.63, 3.8) is 0 Å². The molecule has 182 valence electrons. The predicted octanol–water partition coefficient (Wildman–Crippen LogP) is 1.11. The van der Waals surface area contributed by atoms with Crippen molar-refractivity contribution < 1.29 is 43.1 Å². The highest BCUT2D eigenvalue weighted by atomic mass is 16.8.